The number of methoxy groups -OCH3 is 2. The lowest BCUT2D eigenvalue weighted by atomic mass is 9.88. The zero-order valence-corrected chi connectivity index (χ0v) is 14.1. The first-order valence-electron chi connectivity index (χ1n) is 7.30. The molecule has 23 heavy (non-hydrogen) atoms. The first-order chi connectivity index (χ1) is 10.8. The van der Waals surface area contributed by atoms with E-state index in [0.717, 1.165) is 11.4 Å². The molecule has 0 atom stereocenters. The molecular weight excluding hydrogens is 296 g/mol. The minimum Gasteiger partial charge on any atom is -0.497 e. The Kier molecular flexibility index (Phi) is 4.63. The molecule has 0 aliphatic carbocycles. The highest BCUT2D eigenvalue weighted by Crippen LogP contribution is 2.34. The van der Waals surface area contributed by atoms with E-state index in [1.165, 1.54) is 7.11 Å². The number of carboxylic acids is 1. The molecule has 0 fully saturated rings. The van der Waals surface area contributed by atoms with Crippen LogP contribution in [0.1, 0.15) is 32.0 Å². The highest BCUT2D eigenvalue weighted by atomic mass is 16.5. The molecule has 0 saturated heterocycles. The summed E-state index contributed by atoms with van der Waals surface area (Å²) < 4.78 is 12.3. The number of benzene rings is 1. The molecule has 0 unspecified atom stereocenters. The predicted octanol–water partition coefficient (Wildman–Crippen LogP) is 2.81. The molecule has 0 amide bonds. The maximum atomic E-state index is 11.2. The Hall–Kier alpha value is -2.50. The van der Waals surface area contributed by atoms with E-state index >= 15 is 0 Å². The zero-order valence-electron chi connectivity index (χ0n) is 14.1. The lowest BCUT2D eigenvalue weighted by molar-refractivity contribution is -0.136. The maximum Gasteiger partial charge on any atom is 0.308 e. The lowest BCUT2D eigenvalue weighted by Gasteiger charge is -2.16. The highest BCUT2D eigenvalue weighted by Gasteiger charge is 2.29. The van der Waals surface area contributed by atoms with E-state index in [0.29, 0.717) is 17.1 Å². The standard InChI is InChI=1S/C17H22N2O4/c1-17(2,3)15-13(10-14(20)21)16(23-5)19(18-15)11-6-8-12(22-4)9-7-11/h6-9H,10H2,1-5H3,(H,20,21). The highest BCUT2D eigenvalue weighted by molar-refractivity contribution is 5.72. The molecule has 0 aliphatic rings. The van der Waals surface area contributed by atoms with Crippen LogP contribution < -0.4 is 9.47 Å². The van der Waals surface area contributed by atoms with Gasteiger partial charge in [-0.15, -0.1) is 0 Å². The summed E-state index contributed by atoms with van der Waals surface area (Å²) in [6.45, 7) is 6.00. The SMILES string of the molecule is COc1ccc(-n2nc(C(C)(C)C)c(CC(=O)O)c2OC)cc1. The van der Waals surface area contributed by atoms with Crippen molar-refractivity contribution in [2.45, 2.75) is 32.6 Å². The number of hydrogen-bond donors (Lipinski definition) is 1. The number of hydrogen-bond acceptors (Lipinski definition) is 4. The summed E-state index contributed by atoms with van der Waals surface area (Å²) in [5.41, 5.74) is 1.80. The Morgan fingerprint density at radius 1 is 1.17 bits per heavy atom. The van der Waals surface area contributed by atoms with Gasteiger partial charge in [0.1, 0.15) is 5.75 Å². The van der Waals surface area contributed by atoms with Gasteiger partial charge in [0.15, 0.2) is 0 Å². The largest absolute Gasteiger partial charge is 0.497 e. The summed E-state index contributed by atoms with van der Waals surface area (Å²) in [6.07, 6.45) is -0.133. The minimum atomic E-state index is -0.914. The van der Waals surface area contributed by atoms with Gasteiger partial charge < -0.3 is 14.6 Å². The Balaban J connectivity index is 2.62. The van der Waals surface area contributed by atoms with Crippen LogP contribution in [0.3, 0.4) is 0 Å². The smallest absolute Gasteiger partial charge is 0.308 e. The van der Waals surface area contributed by atoms with Crippen LogP contribution in [0.5, 0.6) is 11.6 Å². The molecular formula is C17H22N2O4. The van der Waals surface area contributed by atoms with Gasteiger partial charge >= 0.3 is 5.97 Å². The van der Waals surface area contributed by atoms with Crippen molar-refractivity contribution in [2.24, 2.45) is 0 Å². The van der Waals surface area contributed by atoms with Crippen molar-refractivity contribution >= 4 is 5.97 Å². The fourth-order valence-electron chi connectivity index (χ4n) is 2.46. The fourth-order valence-corrected chi connectivity index (χ4v) is 2.46. The normalized spacial score (nSPS) is 11.3. The summed E-state index contributed by atoms with van der Waals surface area (Å²) in [5, 5.41) is 13.8. The molecule has 1 aromatic heterocycles. The molecule has 0 saturated carbocycles. The average Bonchev–Trinajstić information content (AvgIpc) is 2.85. The van der Waals surface area contributed by atoms with Crippen molar-refractivity contribution in [1.29, 1.82) is 0 Å². The number of rotatable bonds is 5. The van der Waals surface area contributed by atoms with Gasteiger partial charge in [0.2, 0.25) is 5.88 Å². The number of aromatic nitrogens is 2. The molecule has 6 nitrogen and oxygen atoms in total. The molecule has 124 valence electrons. The van der Waals surface area contributed by atoms with E-state index in [9.17, 15) is 9.90 Å². The van der Waals surface area contributed by atoms with Crippen LogP contribution in [0.25, 0.3) is 5.69 Å². The van der Waals surface area contributed by atoms with Crippen LogP contribution in [-0.2, 0) is 16.6 Å². The first kappa shape index (κ1) is 16.9. The van der Waals surface area contributed by atoms with Crippen molar-refractivity contribution in [3.05, 3.63) is 35.5 Å². The molecule has 6 heteroatoms. The van der Waals surface area contributed by atoms with E-state index in [-0.39, 0.29) is 11.8 Å². The van der Waals surface area contributed by atoms with Gasteiger partial charge in [0.05, 0.1) is 32.0 Å². The summed E-state index contributed by atoms with van der Waals surface area (Å²) in [5.74, 6) is 0.271. The average molecular weight is 318 g/mol. The van der Waals surface area contributed by atoms with Crippen LogP contribution in [0, 0.1) is 0 Å². The van der Waals surface area contributed by atoms with Crippen molar-refractivity contribution in [2.75, 3.05) is 14.2 Å². The van der Waals surface area contributed by atoms with Crippen LogP contribution in [0.15, 0.2) is 24.3 Å². The monoisotopic (exact) mass is 318 g/mol. The second-order valence-corrected chi connectivity index (χ2v) is 6.27. The topological polar surface area (TPSA) is 73.6 Å². The molecule has 0 aliphatic heterocycles. The van der Waals surface area contributed by atoms with Crippen molar-refractivity contribution in [1.82, 2.24) is 9.78 Å². The Bertz CT molecular complexity index is 697. The second-order valence-electron chi connectivity index (χ2n) is 6.27. The van der Waals surface area contributed by atoms with Gasteiger partial charge in [-0.3, -0.25) is 4.79 Å². The summed E-state index contributed by atoms with van der Waals surface area (Å²) in [4.78, 5) is 11.2. The minimum absolute atomic E-state index is 0.133. The summed E-state index contributed by atoms with van der Waals surface area (Å²) in [7, 11) is 3.13. The predicted molar refractivity (Wildman–Crippen MR) is 86.7 cm³/mol. The van der Waals surface area contributed by atoms with E-state index in [4.69, 9.17) is 9.47 Å². The first-order valence-corrected chi connectivity index (χ1v) is 7.30. The third-order valence-corrected chi connectivity index (χ3v) is 3.49. The van der Waals surface area contributed by atoms with Gasteiger partial charge in [-0.05, 0) is 24.3 Å². The molecule has 2 rings (SSSR count). The van der Waals surface area contributed by atoms with Crippen molar-refractivity contribution in [3.8, 4) is 17.3 Å². The van der Waals surface area contributed by atoms with E-state index in [2.05, 4.69) is 5.10 Å². The number of nitrogens with zero attached hydrogens (tertiary/aromatic N) is 2. The molecule has 1 N–H and O–H groups in total. The molecule has 1 heterocycles. The van der Waals surface area contributed by atoms with Gasteiger partial charge in [-0.2, -0.15) is 5.10 Å². The summed E-state index contributed by atoms with van der Waals surface area (Å²) in [6, 6.07) is 7.35. The lowest BCUT2D eigenvalue weighted by Crippen LogP contribution is -2.16. The van der Waals surface area contributed by atoms with Gasteiger partial charge in [-0.25, -0.2) is 4.68 Å². The van der Waals surface area contributed by atoms with E-state index in [1.807, 2.05) is 45.0 Å². The Morgan fingerprint density at radius 2 is 1.78 bits per heavy atom. The maximum absolute atomic E-state index is 11.2. The Morgan fingerprint density at radius 3 is 2.22 bits per heavy atom. The molecule has 1 aromatic carbocycles. The third kappa shape index (κ3) is 3.47. The van der Waals surface area contributed by atoms with Crippen LogP contribution in [0.2, 0.25) is 0 Å². The van der Waals surface area contributed by atoms with E-state index in [1.54, 1.807) is 11.8 Å². The van der Waals surface area contributed by atoms with Gasteiger partial charge in [0, 0.05) is 11.0 Å². The Labute approximate surface area is 135 Å². The number of carbonyl (C=O) groups is 1. The van der Waals surface area contributed by atoms with Gasteiger partial charge in [-0.1, -0.05) is 20.8 Å². The van der Waals surface area contributed by atoms with Crippen LogP contribution >= 0.6 is 0 Å². The van der Waals surface area contributed by atoms with Crippen molar-refractivity contribution in [3.63, 3.8) is 0 Å². The number of ether oxygens (including phenoxy) is 2. The van der Waals surface area contributed by atoms with Gasteiger partial charge in [0.25, 0.3) is 0 Å². The molecule has 0 bridgehead atoms. The number of carboxylic acid groups (broad SMARTS) is 1. The zero-order chi connectivity index (χ0) is 17.2. The van der Waals surface area contributed by atoms with Crippen molar-refractivity contribution < 1.29 is 19.4 Å². The summed E-state index contributed by atoms with van der Waals surface area (Å²) >= 11 is 0. The molecule has 2 aromatic rings. The quantitative estimate of drug-likeness (QED) is 0.917. The fraction of sp³-hybridized carbons (Fsp3) is 0.412. The van der Waals surface area contributed by atoms with Crippen LogP contribution in [-0.4, -0.2) is 35.1 Å². The van der Waals surface area contributed by atoms with E-state index < -0.39 is 5.97 Å². The van der Waals surface area contributed by atoms with Crippen LogP contribution in [0.4, 0.5) is 0 Å². The second kappa shape index (κ2) is 6.32. The number of aliphatic carboxylic acids is 1. The third-order valence-electron chi connectivity index (χ3n) is 3.49. The molecule has 0 radical (unpaired) electrons. The molecule has 0 spiro atoms.